The lowest BCUT2D eigenvalue weighted by Crippen LogP contribution is -2.28. The van der Waals surface area contributed by atoms with Crippen LogP contribution in [0.2, 0.25) is 0 Å². The van der Waals surface area contributed by atoms with Crippen molar-refractivity contribution in [1.29, 1.82) is 0 Å². The minimum atomic E-state index is 0.126. The van der Waals surface area contributed by atoms with E-state index in [1.54, 1.807) is 6.20 Å². The molecule has 0 bridgehead atoms. The summed E-state index contributed by atoms with van der Waals surface area (Å²) in [4.78, 5) is 18.8. The van der Waals surface area contributed by atoms with Crippen molar-refractivity contribution in [1.82, 2.24) is 10.3 Å². The summed E-state index contributed by atoms with van der Waals surface area (Å²) < 4.78 is 0. The normalized spacial score (nSPS) is 15.9. The summed E-state index contributed by atoms with van der Waals surface area (Å²) >= 11 is 5.38. The van der Waals surface area contributed by atoms with Gasteiger partial charge in [-0.15, -0.1) is 0 Å². The highest BCUT2D eigenvalue weighted by atomic mass is 32.1. The van der Waals surface area contributed by atoms with E-state index in [0.29, 0.717) is 30.4 Å². The minimum absolute atomic E-state index is 0.126. The number of rotatable bonds is 5. The zero-order chi connectivity index (χ0) is 20.1. The first-order valence-electron chi connectivity index (χ1n) is 9.59. The first-order valence-corrected chi connectivity index (χ1v) is 10.00. The fourth-order valence-electron chi connectivity index (χ4n) is 3.50. The first kappa shape index (κ1) is 19.1. The van der Waals surface area contributed by atoms with Crippen LogP contribution < -0.4 is 15.5 Å². The van der Waals surface area contributed by atoms with Crippen molar-refractivity contribution in [3.63, 3.8) is 0 Å². The van der Waals surface area contributed by atoms with Crippen molar-refractivity contribution < 1.29 is 4.79 Å². The van der Waals surface area contributed by atoms with Gasteiger partial charge >= 0.3 is 0 Å². The quantitative estimate of drug-likeness (QED) is 0.630. The van der Waals surface area contributed by atoms with Crippen LogP contribution in [0, 0.1) is 0 Å². The second-order valence-electron chi connectivity index (χ2n) is 7.01. The molecule has 6 heteroatoms. The minimum Gasteiger partial charge on any atom is -0.358 e. The SMILES string of the molecule is O=C1CC(c2ccccc2)CN1c1ccnc(NC(=S)NCc2ccccc2)c1. The van der Waals surface area contributed by atoms with Crippen LogP contribution in [0.5, 0.6) is 0 Å². The Labute approximate surface area is 175 Å². The zero-order valence-electron chi connectivity index (χ0n) is 15.9. The third-order valence-electron chi connectivity index (χ3n) is 4.99. The maximum Gasteiger partial charge on any atom is 0.227 e. The summed E-state index contributed by atoms with van der Waals surface area (Å²) in [6.45, 7) is 1.30. The summed E-state index contributed by atoms with van der Waals surface area (Å²) in [5.74, 6) is 0.951. The molecular formula is C23H22N4OS. The van der Waals surface area contributed by atoms with E-state index in [2.05, 4.69) is 27.8 Å². The standard InChI is InChI=1S/C23H22N4OS/c28-22-13-19(18-9-5-2-6-10-18)16-27(22)20-11-12-24-21(14-20)26-23(29)25-15-17-7-3-1-4-8-17/h1-12,14,19H,13,15-16H2,(H2,24,25,26,29). The van der Waals surface area contributed by atoms with Gasteiger partial charge in [0.25, 0.3) is 0 Å². The average Bonchev–Trinajstić information content (AvgIpc) is 3.15. The Bertz CT molecular complexity index is 994. The molecule has 0 spiro atoms. The summed E-state index contributed by atoms with van der Waals surface area (Å²) in [6, 6.07) is 24.0. The van der Waals surface area contributed by atoms with Crippen molar-refractivity contribution >= 4 is 34.7 Å². The van der Waals surface area contributed by atoms with E-state index in [1.165, 1.54) is 5.56 Å². The number of anilines is 2. The number of hydrogen-bond acceptors (Lipinski definition) is 3. The third kappa shape index (κ3) is 4.78. The van der Waals surface area contributed by atoms with Crippen LogP contribution in [0.25, 0.3) is 0 Å². The monoisotopic (exact) mass is 402 g/mol. The lowest BCUT2D eigenvalue weighted by Gasteiger charge is -2.18. The van der Waals surface area contributed by atoms with Gasteiger partial charge in [-0.3, -0.25) is 4.79 Å². The molecule has 1 aliphatic rings. The molecule has 1 unspecified atom stereocenters. The summed E-state index contributed by atoms with van der Waals surface area (Å²) in [6.07, 6.45) is 2.22. The maximum atomic E-state index is 12.6. The molecule has 1 aliphatic heterocycles. The summed E-state index contributed by atoms with van der Waals surface area (Å²) in [5, 5.41) is 6.77. The van der Waals surface area contributed by atoms with E-state index in [4.69, 9.17) is 12.2 Å². The van der Waals surface area contributed by atoms with Crippen molar-refractivity contribution in [3.8, 4) is 0 Å². The van der Waals surface area contributed by atoms with Crippen LogP contribution in [0.15, 0.2) is 79.0 Å². The molecular weight excluding hydrogens is 380 g/mol. The van der Waals surface area contributed by atoms with Crippen LogP contribution in [-0.2, 0) is 11.3 Å². The Morgan fingerprint density at radius 1 is 1.07 bits per heavy atom. The molecule has 29 heavy (non-hydrogen) atoms. The molecule has 3 aromatic rings. The molecule has 5 nitrogen and oxygen atoms in total. The number of hydrogen-bond donors (Lipinski definition) is 2. The number of nitrogens with one attached hydrogen (secondary N) is 2. The number of pyridine rings is 1. The second kappa shape index (κ2) is 8.84. The highest BCUT2D eigenvalue weighted by molar-refractivity contribution is 7.80. The lowest BCUT2D eigenvalue weighted by molar-refractivity contribution is -0.117. The number of amides is 1. The van der Waals surface area contributed by atoms with Gasteiger partial charge in [-0.2, -0.15) is 0 Å². The Balaban J connectivity index is 1.39. The number of thiocarbonyl (C=S) groups is 1. The smallest absolute Gasteiger partial charge is 0.227 e. The maximum absolute atomic E-state index is 12.6. The van der Waals surface area contributed by atoms with Crippen LogP contribution in [-0.4, -0.2) is 22.5 Å². The first-order chi connectivity index (χ1) is 14.2. The molecule has 1 aromatic heterocycles. The molecule has 2 heterocycles. The number of carbonyl (C=O) groups is 1. The van der Waals surface area contributed by atoms with Gasteiger partial charge in [-0.25, -0.2) is 4.98 Å². The predicted molar refractivity (Wildman–Crippen MR) is 120 cm³/mol. The molecule has 2 aromatic carbocycles. The van der Waals surface area contributed by atoms with Crippen molar-refractivity contribution in [2.45, 2.75) is 18.9 Å². The highest BCUT2D eigenvalue weighted by Crippen LogP contribution is 2.32. The van der Waals surface area contributed by atoms with Gasteiger partial charge in [-0.05, 0) is 29.4 Å². The van der Waals surface area contributed by atoms with E-state index < -0.39 is 0 Å². The summed E-state index contributed by atoms with van der Waals surface area (Å²) in [5.41, 5.74) is 3.17. The lowest BCUT2D eigenvalue weighted by atomic mass is 9.99. The van der Waals surface area contributed by atoms with Gasteiger partial charge in [0.15, 0.2) is 5.11 Å². The van der Waals surface area contributed by atoms with Crippen LogP contribution in [0.4, 0.5) is 11.5 Å². The van der Waals surface area contributed by atoms with Gasteiger partial charge in [0, 0.05) is 43.4 Å². The molecule has 1 saturated heterocycles. The Kier molecular flexibility index (Phi) is 5.81. The predicted octanol–water partition coefficient (Wildman–Crippen LogP) is 4.09. The van der Waals surface area contributed by atoms with E-state index in [-0.39, 0.29) is 11.8 Å². The van der Waals surface area contributed by atoms with E-state index in [0.717, 1.165) is 11.3 Å². The third-order valence-corrected chi connectivity index (χ3v) is 5.24. The molecule has 146 valence electrons. The van der Waals surface area contributed by atoms with E-state index in [1.807, 2.05) is 65.6 Å². The number of nitrogens with zero attached hydrogens (tertiary/aromatic N) is 2. The molecule has 4 rings (SSSR count). The molecule has 2 N–H and O–H groups in total. The highest BCUT2D eigenvalue weighted by Gasteiger charge is 2.31. The fourth-order valence-corrected chi connectivity index (χ4v) is 3.68. The summed E-state index contributed by atoms with van der Waals surface area (Å²) in [7, 11) is 0. The van der Waals surface area contributed by atoms with Gasteiger partial charge in [0.1, 0.15) is 5.82 Å². The topological polar surface area (TPSA) is 57.3 Å². The molecule has 1 amide bonds. The van der Waals surface area contributed by atoms with Gasteiger partial charge in [-0.1, -0.05) is 60.7 Å². The van der Waals surface area contributed by atoms with Gasteiger partial charge in [0.05, 0.1) is 0 Å². The van der Waals surface area contributed by atoms with E-state index >= 15 is 0 Å². The molecule has 0 radical (unpaired) electrons. The molecule has 0 saturated carbocycles. The van der Waals surface area contributed by atoms with Crippen LogP contribution in [0.3, 0.4) is 0 Å². The van der Waals surface area contributed by atoms with Gasteiger partial charge in [0.2, 0.25) is 5.91 Å². The van der Waals surface area contributed by atoms with Crippen molar-refractivity contribution in [2.75, 3.05) is 16.8 Å². The average molecular weight is 403 g/mol. The number of aromatic nitrogens is 1. The van der Waals surface area contributed by atoms with E-state index in [9.17, 15) is 4.79 Å². The fraction of sp³-hybridized carbons (Fsp3) is 0.174. The van der Waals surface area contributed by atoms with Crippen LogP contribution in [0.1, 0.15) is 23.5 Å². The molecule has 0 aliphatic carbocycles. The Morgan fingerprint density at radius 3 is 2.55 bits per heavy atom. The molecule has 1 atom stereocenters. The molecule has 1 fully saturated rings. The number of benzene rings is 2. The zero-order valence-corrected chi connectivity index (χ0v) is 16.7. The second-order valence-corrected chi connectivity index (χ2v) is 7.42. The van der Waals surface area contributed by atoms with Crippen molar-refractivity contribution in [2.24, 2.45) is 0 Å². The Hall–Kier alpha value is -3.25. The largest absolute Gasteiger partial charge is 0.358 e. The van der Waals surface area contributed by atoms with Crippen LogP contribution >= 0.6 is 12.2 Å². The van der Waals surface area contributed by atoms with Crippen molar-refractivity contribution in [3.05, 3.63) is 90.1 Å². The Morgan fingerprint density at radius 2 is 1.79 bits per heavy atom. The number of carbonyl (C=O) groups excluding carboxylic acids is 1. The van der Waals surface area contributed by atoms with Gasteiger partial charge < -0.3 is 15.5 Å².